The minimum Gasteiger partial charge on any atom is -0.339 e. The first kappa shape index (κ1) is 14.7. The topological polar surface area (TPSA) is 64.9 Å². The van der Waals surface area contributed by atoms with E-state index in [-0.39, 0.29) is 11.5 Å². The summed E-state index contributed by atoms with van der Waals surface area (Å²) in [6, 6.07) is 6.15. The van der Waals surface area contributed by atoms with Gasteiger partial charge in [-0.25, -0.2) is 0 Å². The molecule has 0 bridgehead atoms. The van der Waals surface area contributed by atoms with Crippen LogP contribution in [-0.2, 0) is 6.42 Å². The highest BCUT2D eigenvalue weighted by atomic mass is 16.5. The zero-order valence-electron chi connectivity index (χ0n) is 12.9. The molecule has 0 aliphatic carbocycles. The molecule has 1 unspecified atom stereocenters. The molecule has 2 rings (SSSR count). The summed E-state index contributed by atoms with van der Waals surface area (Å²) in [4.78, 5) is 4.44. The molecule has 1 heterocycles. The summed E-state index contributed by atoms with van der Waals surface area (Å²) in [6.45, 7) is 10.4. The van der Waals surface area contributed by atoms with Gasteiger partial charge < -0.3 is 10.3 Å². The molecule has 0 saturated heterocycles. The molecule has 0 spiro atoms. The maximum absolute atomic E-state index is 6.15. The molecule has 4 heteroatoms. The number of rotatable bonds is 3. The van der Waals surface area contributed by atoms with Crippen LogP contribution in [0.25, 0.3) is 0 Å². The predicted octanol–water partition coefficient (Wildman–Crippen LogP) is 3.32. The van der Waals surface area contributed by atoms with E-state index in [1.54, 1.807) is 0 Å². The first-order valence-electron chi connectivity index (χ1n) is 6.91. The Bertz CT molecular complexity index is 596. The van der Waals surface area contributed by atoms with Gasteiger partial charge in [-0.1, -0.05) is 49.7 Å². The summed E-state index contributed by atoms with van der Waals surface area (Å²) in [7, 11) is 0. The Morgan fingerprint density at radius 1 is 1.25 bits per heavy atom. The number of aryl methyl sites for hydroxylation is 2. The van der Waals surface area contributed by atoms with Crippen LogP contribution in [0.4, 0.5) is 0 Å². The molecular weight excluding hydrogens is 250 g/mol. The number of nitrogens with zero attached hydrogens (tertiary/aromatic N) is 2. The Morgan fingerprint density at radius 2 is 1.95 bits per heavy atom. The third-order valence-corrected chi connectivity index (χ3v) is 3.54. The fourth-order valence-corrected chi connectivity index (χ4v) is 2.01. The molecule has 1 aromatic heterocycles. The molecular formula is C16H23N3O. The van der Waals surface area contributed by atoms with Crippen LogP contribution in [0.3, 0.4) is 0 Å². The average molecular weight is 273 g/mol. The van der Waals surface area contributed by atoms with Gasteiger partial charge >= 0.3 is 0 Å². The summed E-state index contributed by atoms with van der Waals surface area (Å²) in [5.74, 6) is 1.20. The maximum atomic E-state index is 6.15. The van der Waals surface area contributed by atoms with Gasteiger partial charge in [0.05, 0.1) is 12.5 Å². The molecule has 1 atom stereocenters. The smallest absolute Gasteiger partial charge is 0.231 e. The Labute approximate surface area is 120 Å². The Balaban J connectivity index is 2.20. The van der Waals surface area contributed by atoms with Gasteiger partial charge in [0.2, 0.25) is 5.89 Å². The number of hydrogen-bond acceptors (Lipinski definition) is 4. The van der Waals surface area contributed by atoms with Gasteiger partial charge in [0.25, 0.3) is 0 Å². The van der Waals surface area contributed by atoms with Crippen molar-refractivity contribution in [3.8, 4) is 0 Å². The van der Waals surface area contributed by atoms with E-state index in [0.717, 1.165) is 0 Å². The fourth-order valence-electron chi connectivity index (χ4n) is 2.01. The van der Waals surface area contributed by atoms with E-state index in [0.29, 0.717) is 18.1 Å². The lowest BCUT2D eigenvalue weighted by Crippen LogP contribution is -2.27. The fraction of sp³-hybridized carbons (Fsp3) is 0.500. The van der Waals surface area contributed by atoms with E-state index in [9.17, 15) is 0 Å². The van der Waals surface area contributed by atoms with Gasteiger partial charge in [-0.2, -0.15) is 4.98 Å². The average Bonchev–Trinajstić information content (AvgIpc) is 2.80. The van der Waals surface area contributed by atoms with Gasteiger partial charge in [-0.3, -0.25) is 0 Å². The van der Waals surface area contributed by atoms with Gasteiger partial charge in [0, 0.05) is 0 Å². The normalized spacial score (nSPS) is 13.5. The third kappa shape index (κ3) is 3.25. The first-order chi connectivity index (χ1) is 9.27. The Hall–Kier alpha value is -1.68. The van der Waals surface area contributed by atoms with Crippen molar-refractivity contribution in [2.75, 3.05) is 0 Å². The highest BCUT2D eigenvalue weighted by molar-refractivity contribution is 5.32. The summed E-state index contributed by atoms with van der Waals surface area (Å²) < 4.78 is 5.34. The minimum atomic E-state index is -0.224. The van der Waals surface area contributed by atoms with Crippen LogP contribution in [0.15, 0.2) is 22.7 Å². The molecule has 20 heavy (non-hydrogen) atoms. The molecule has 0 amide bonds. The van der Waals surface area contributed by atoms with Crippen LogP contribution < -0.4 is 5.73 Å². The minimum absolute atomic E-state index is 0.0829. The lowest BCUT2D eigenvalue weighted by atomic mass is 9.87. The van der Waals surface area contributed by atoms with Crippen molar-refractivity contribution in [2.45, 2.75) is 47.1 Å². The summed E-state index contributed by atoms with van der Waals surface area (Å²) >= 11 is 0. The summed E-state index contributed by atoms with van der Waals surface area (Å²) in [5, 5.41) is 4.02. The monoisotopic (exact) mass is 273 g/mol. The SMILES string of the molecule is Cc1ccc(C)c(Cc2nc(C(N)C(C)(C)C)no2)c1. The molecule has 1 aromatic carbocycles. The van der Waals surface area contributed by atoms with Crippen molar-refractivity contribution in [1.82, 2.24) is 10.1 Å². The second-order valence-electron chi connectivity index (χ2n) is 6.50. The van der Waals surface area contributed by atoms with Crippen LogP contribution in [0.2, 0.25) is 0 Å². The largest absolute Gasteiger partial charge is 0.339 e. The van der Waals surface area contributed by atoms with E-state index >= 15 is 0 Å². The molecule has 2 N–H and O–H groups in total. The quantitative estimate of drug-likeness (QED) is 0.931. The second-order valence-corrected chi connectivity index (χ2v) is 6.50. The van der Waals surface area contributed by atoms with Gasteiger partial charge in [-0.15, -0.1) is 0 Å². The van der Waals surface area contributed by atoms with E-state index in [2.05, 4.69) is 63.0 Å². The van der Waals surface area contributed by atoms with Crippen LogP contribution in [-0.4, -0.2) is 10.1 Å². The highest BCUT2D eigenvalue weighted by Gasteiger charge is 2.26. The highest BCUT2D eigenvalue weighted by Crippen LogP contribution is 2.28. The number of benzene rings is 1. The van der Waals surface area contributed by atoms with Crippen LogP contribution in [0, 0.1) is 19.3 Å². The molecule has 2 aromatic rings. The summed E-state index contributed by atoms with van der Waals surface area (Å²) in [5.41, 5.74) is 9.74. The maximum Gasteiger partial charge on any atom is 0.231 e. The van der Waals surface area contributed by atoms with Gasteiger partial charge in [-0.05, 0) is 30.4 Å². The first-order valence-corrected chi connectivity index (χ1v) is 6.91. The predicted molar refractivity (Wildman–Crippen MR) is 79.4 cm³/mol. The van der Waals surface area contributed by atoms with Crippen molar-refractivity contribution in [3.63, 3.8) is 0 Å². The van der Waals surface area contributed by atoms with E-state index in [4.69, 9.17) is 10.3 Å². The zero-order chi connectivity index (χ0) is 14.9. The van der Waals surface area contributed by atoms with Gasteiger partial charge in [0.15, 0.2) is 5.82 Å². The molecule has 0 aliphatic rings. The molecule has 0 aliphatic heterocycles. The van der Waals surface area contributed by atoms with Crippen LogP contribution in [0.1, 0.15) is 55.2 Å². The van der Waals surface area contributed by atoms with Crippen LogP contribution >= 0.6 is 0 Å². The number of nitrogens with two attached hydrogens (primary N) is 1. The van der Waals surface area contributed by atoms with Crippen molar-refractivity contribution >= 4 is 0 Å². The van der Waals surface area contributed by atoms with E-state index in [1.165, 1.54) is 16.7 Å². The van der Waals surface area contributed by atoms with Crippen molar-refractivity contribution < 1.29 is 4.52 Å². The molecule has 0 fully saturated rings. The Morgan fingerprint density at radius 3 is 2.60 bits per heavy atom. The Kier molecular flexibility index (Phi) is 3.95. The van der Waals surface area contributed by atoms with E-state index < -0.39 is 0 Å². The standard InChI is InChI=1S/C16H23N3O/c1-10-6-7-11(2)12(8-10)9-13-18-15(19-20-13)14(17)16(3,4)5/h6-8,14H,9,17H2,1-5H3. The third-order valence-electron chi connectivity index (χ3n) is 3.54. The lowest BCUT2D eigenvalue weighted by Gasteiger charge is -2.23. The summed E-state index contributed by atoms with van der Waals surface area (Å²) in [6.07, 6.45) is 0.650. The second kappa shape index (κ2) is 5.37. The van der Waals surface area contributed by atoms with Crippen molar-refractivity contribution in [1.29, 1.82) is 0 Å². The number of hydrogen-bond donors (Lipinski definition) is 1. The van der Waals surface area contributed by atoms with Crippen molar-refractivity contribution in [3.05, 3.63) is 46.6 Å². The molecule has 108 valence electrons. The lowest BCUT2D eigenvalue weighted by molar-refractivity contribution is 0.301. The van der Waals surface area contributed by atoms with Gasteiger partial charge in [0.1, 0.15) is 0 Å². The number of aromatic nitrogens is 2. The molecule has 4 nitrogen and oxygen atoms in total. The van der Waals surface area contributed by atoms with Crippen LogP contribution in [0.5, 0.6) is 0 Å². The molecule has 0 radical (unpaired) electrons. The zero-order valence-corrected chi connectivity index (χ0v) is 12.9. The van der Waals surface area contributed by atoms with E-state index in [1.807, 2.05) is 0 Å². The van der Waals surface area contributed by atoms with Crippen molar-refractivity contribution in [2.24, 2.45) is 11.1 Å². The molecule has 0 saturated carbocycles.